The van der Waals surface area contributed by atoms with E-state index in [1.165, 1.54) is 0 Å². The molecule has 0 radical (unpaired) electrons. The summed E-state index contributed by atoms with van der Waals surface area (Å²) in [6, 6.07) is 13.9. The highest BCUT2D eigenvalue weighted by atomic mass is 31.2. The Morgan fingerprint density at radius 1 is 1.12 bits per heavy atom. The minimum atomic E-state index is -2.65. The molecule has 0 saturated heterocycles. The second kappa shape index (κ2) is 4.40. The molecule has 0 aromatic heterocycles. The first kappa shape index (κ1) is 11.4. The molecular formula is C13H15O2P. The van der Waals surface area contributed by atoms with Crippen LogP contribution >= 0.6 is 7.37 Å². The largest absolute Gasteiger partial charge is 0.326 e. The molecule has 0 spiro atoms. The number of fused-ring (bicyclic) bond motifs is 1. The van der Waals surface area contributed by atoms with Crippen LogP contribution in [-0.4, -0.2) is 13.3 Å². The van der Waals surface area contributed by atoms with E-state index in [4.69, 9.17) is 4.52 Å². The van der Waals surface area contributed by atoms with Gasteiger partial charge < -0.3 is 4.52 Å². The molecule has 2 aromatic carbocycles. The van der Waals surface area contributed by atoms with Gasteiger partial charge in [0, 0.05) is 12.0 Å². The molecule has 0 heterocycles. The Hall–Kier alpha value is -1.11. The lowest BCUT2D eigenvalue weighted by Crippen LogP contribution is -2.06. The molecule has 1 unspecified atom stereocenters. The molecule has 0 aliphatic heterocycles. The third-order valence-electron chi connectivity index (χ3n) is 2.58. The monoisotopic (exact) mass is 234 g/mol. The summed E-state index contributed by atoms with van der Waals surface area (Å²) in [5, 5.41) is 3.04. The fourth-order valence-corrected chi connectivity index (χ4v) is 3.11. The van der Waals surface area contributed by atoms with Crippen LogP contribution < -0.4 is 5.30 Å². The summed E-state index contributed by atoms with van der Waals surface area (Å²) in [4.78, 5) is 0. The molecule has 0 aliphatic rings. The van der Waals surface area contributed by atoms with E-state index in [0.29, 0.717) is 6.61 Å². The van der Waals surface area contributed by atoms with Crippen LogP contribution in [0.1, 0.15) is 6.92 Å². The van der Waals surface area contributed by atoms with Crippen LogP contribution in [0.5, 0.6) is 0 Å². The summed E-state index contributed by atoms with van der Waals surface area (Å²) < 4.78 is 17.6. The molecule has 0 N–H and O–H groups in total. The fourth-order valence-electron chi connectivity index (χ4n) is 1.75. The van der Waals surface area contributed by atoms with Gasteiger partial charge in [-0.25, -0.2) is 0 Å². The van der Waals surface area contributed by atoms with E-state index in [9.17, 15) is 4.57 Å². The van der Waals surface area contributed by atoms with Gasteiger partial charge in [0.05, 0.1) is 6.61 Å². The number of hydrogen-bond donors (Lipinski definition) is 0. The van der Waals surface area contributed by atoms with Gasteiger partial charge in [-0.3, -0.25) is 4.57 Å². The molecule has 1 atom stereocenters. The quantitative estimate of drug-likeness (QED) is 0.761. The zero-order chi connectivity index (χ0) is 11.6. The molecule has 0 saturated carbocycles. The van der Waals surface area contributed by atoms with E-state index < -0.39 is 7.37 Å². The summed E-state index contributed by atoms with van der Waals surface area (Å²) in [5.74, 6) is 0. The number of hydrogen-bond acceptors (Lipinski definition) is 2. The van der Waals surface area contributed by atoms with Gasteiger partial charge in [0.15, 0.2) is 0 Å². The Bertz CT molecular complexity index is 548. The topological polar surface area (TPSA) is 26.3 Å². The van der Waals surface area contributed by atoms with Crippen LogP contribution in [0.15, 0.2) is 42.5 Å². The van der Waals surface area contributed by atoms with Gasteiger partial charge >= 0.3 is 0 Å². The molecule has 0 aliphatic carbocycles. The average Bonchev–Trinajstić information content (AvgIpc) is 2.28. The van der Waals surface area contributed by atoms with Gasteiger partial charge in [-0.1, -0.05) is 30.3 Å². The molecule has 2 rings (SSSR count). The van der Waals surface area contributed by atoms with Crippen LogP contribution in [0.25, 0.3) is 10.8 Å². The van der Waals surface area contributed by atoms with Crippen LogP contribution in [0.2, 0.25) is 0 Å². The van der Waals surface area contributed by atoms with Crippen molar-refractivity contribution in [2.45, 2.75) is 6.92 Å². The van der Waals surface area contributed by atoms with Gasteiger partial charge in [0.2, 0.25) is 7.37 Å². The molecule has 16 heavy (non-hydrogen) atoms. The maximum Gasteiger partial charge on any atom is 0.229 e. The molecule has 0 amide bonds. The van der Waals surface area contributed by atoms with Crippen molar-refractivity contribution < 1.29 is 9.09 Å². The Morgan fingerprint density at radius 3 is 2.50 bits per heavy atom. The fraction of sp³-hybridized carbons (Fsp3) is 0.231. The highest BCUT2D eigenvalue weighted by Gasteiger charge is 2.18. The van der Waals surface area contributed by atoms with Crippen LogP contribution in [0.4, 0.5) is 0 Å². The molecule has 0 bridgehead atoms. The normalized spacial score (nSPS) is 14.9. The van der Waals surface area contributed by atoms with Crippen molar-refractivity contribution in [2.75, 3.05) is 13.3 Å². The zero-order valence-electron chi connectivity index (χ0n) is 9.51. The summed E-state index contributed by atoms with van der Waals surface area (Å²) in [7, 11) is -2.65. The maximum absolute atomic E-state index is 12.2. The minimum Gasteiger partial charge on any atom is -0.326 e. The SMILES string of the molecule is CCOP(C)(=O)c1ccc2ccccc2c1. The predicted molar refractivity (Wildman–Crippen MR) is 68.7 cm³/mol. The Morgan fingerprint density at radius 2 is 1.81 bits per heavy atom. The number of rotatable bonds is 3. The van der Waals surface area contributed by atoms with Crippen molar-refractivity contribution in [1.29, 1.82) is 0 Å². The molecular weight excluding hydrogens is 219 g/mol. The standard InChI is InChI=1S/C13H15O2P/c1-3-15-16(2,14)13-9-8-11-6-4-5-7-12(11)10-13/h4-10H,3H2,1-2H3. The lowest BCUT2D eigenvalue weighted by atomic mass is 10.1. The predicted octanol–water partition coefficient (Wildman–Crippen LogP) is 3.41. The van der Waals surface area contributed by atoms with E-state index in [2.05, 4.69) is 0 Å². The number of benzene rings is 2. The summed E-state index contributed by atoms with van der Waals surface area (Å²) in [5.41, 5.74) is 0. The third-order valence-corrected chi connectivity index (χ3v) is 4.54. The van der Waals surface area contributed by atoms with Gasteiger partial charge in [-0.05, 0) is 29.8 Å². The van der Waals surface area contributed by atoms with E-state index in [1.54, 1.807) is 6.66 Å². The van der Waals surface area contributed by atoms with Gasteiger partial charge in [-0.2, -0.15) is 0 Å². The van der Waals surface area contributed by atoms with Crippen molar-refractivity contribution in [3.63, 3.8) is 0 Å². The van der Waals surface area contributed by atoms with Gasteiger partial charge in [0.1, 0.15) is 0 Å². The van der Waals surface area contributed by atoms with Crippen molar-refractivity contribution >= 4 is 23.4 Å². The average molecular weight is 234 g/mol. The second-order valence-electron chi connectivity index (χ2n) is 3.80. The van der Waals surface area contributed by atoms with Gasteiger partial charge in [0.25, 0.3) is 0 Å². The van der Waals surface area contributed by atoms with E-state index in [0.717, 1.165) is 16.1 Å². The van der Waals surface area contributed by atoms with Crippen molar-refractivity contribution in [1.82, 2.24) is 0 Å². The molecule has 84 valence electrons. The minimum absolute atomic E-state index is 0.473. The molecule has 2 aromatic rings. The first-order chi connectivity index (χ1) is 7.63. The second-order valence-corrected chi connectivity index (χ2v) is 6.26. The van der Waals surface area contributed by atoms with E-state index in [-0.39, 0.29) is 0 Å². The van der Waals surface area contributed by atoms with Crippen molar-refractivity contribution in [3.8, 4) is 0 Å². The summed E-state index contributed by atoms with van der Waals surface area (Å²) >= 11 is 0. The van der Waals surface area contributed by atoms with Crippen LogP contribution in [0.3, 0.4) is 0 Å². The smallest absolute Gasteiger partial charge is 0.229 e. The lowest BCUT2D eigenvalue weighted by Gasteiger charge is -2.13. The first-order valence-electron chi connectivity index (χ1n) is 5.35. The van der Waals surface area contributed by atoms with Crippen molar-refractivity contribution in [3.05, 3.63) is 42.5 Å². The summed E-state index contributed by atoms with van der Waals surface area (Å²) in [6.07, 6.45) is 0. The van der Waals surface area contributed by atoms with Crippen molar-refractivity contribution in [2.24, 2.45) is 0 Å². The Kier molecular flexibility index (Phi) is 3.13. The van der Waals surface area contributed by atoms with Crippen LogP contribution in [-0.2, 0) is 9.09 Å². The first-order valence-corrected chi connectivity index (χ1v) is 7.42. The van der Waals surface area contributed by atoms with Gasteiger partial charge in [-0.15, -0.1) is 0 Å². The Labute approximate surface area is 95.7 Å². The highest BCUT2D eigenvalue weighted by molar-refractivity contribution is 7.66. The van der Waals surface area contributed by atoms with E-state index in [1.807, 2.05) is 49.4 Å². The molecule has 2 nitrogen and oxygen atoms in total. The maximum atomic E-state index is 12.2. The highest BCUT2D eigenvalue weighted by Crippen LogP contribution is 2.41. The Balaban J connectivity index is 2.51. The van der Waals surface area contributed by atoms with Crippen LogP contribution in [0, 0.1) is 0 Å². The van der Waals surface area contributed by atoms with E-state index >= 15 is 0 Å². The summed E-state index contributed by atoms with van der Waals surface area (Å²) in [6.45, 7) is 4.00. The zero-order valence-corrected chi connectivity index (χ0v) is 10.4. The lowest BCUT2D eigenvalue weighted by molar-refractivity contribution is 0.345. The third kappa shape index (κ3) is 2.18. The molecule has 3 heteroatoms. The molecule has 0 fully saturated rings.